The number of benzene rings is 1. The van der Waals surface area contributed by atoms with Crippen molar-refractivity contribution in [1.82, 2.24) is 4.98 Å². The van der Waals surface area contributed by atoms with Crippen LogP contribution in [-0.4, -0.2) is 35.7 Å². The van der Waals surface area contributed by atoms with E-state index in [9.17, 15) is 4.79 Å². The van der Waals surface area contributed by atoms with Crippen LogP contribution in [0.4, 0.5) is 5.13 Å². The van der Waals surface area contributed by atoms with E-state index in [1.54, 1.807) is 0 Å². The molecule has 0 saturated carbocycles. The summed E-state index contributed by atoms with van der Waals surface area (Å²) < 4.78 is 11.2. The number of hydrogen-bond acceptors (Lipinski definition) is 6. The maximum absolute atomic E-state index is 12.2. The second-order valence-corrected chi connectivity index (χ2v) is 7.14. The molecular weight excluding hydrogens is 338 g/mol. The summed E-state index contributed by atoms with van der Waals surface area (Å²) in [7, 11) is 0. The topological polar surface area (TPSA) is 86.5 Å². The third-order valence-electron chi connectivity index (χ3n) is 3.92. The van der Waals surface area contributed by atoms with Crippen molar-refractivity contribution in [3.05, 3.63) is 29.6 Å². The van der Waals surface area contributed by atoms with Crippen LogP contribution in [0.15, 0.2) is 29.6 Å². The van der Waals surface area contributed by atoms with Gasteiger partial charge in [-0.15, -0.1) is 11.3 Å². The van der Waals surface area contributed by atoms with E-state index in [-0.39, 0.29) is 18.1 Å². The monoisotopic (exact) mass is 361 g/mol. The first-order chi connectivity index (χ1) is 12.0. The highest BCUT2D eigenvalue weighted by atomic mass is 32.1. The quantitative estimate of drug-likeness (QED) is 0.826. The van der Waals surface area contributed by atoms with E-state index in [4.69, 9.17) is 15.2 Å². The van der Waals surface area contributed by atoms with E-state index in [1.807, 2.05) is 43.5 Å². The fraction of sp³-hybridized carbons (Fsp3) is 0.444. The molecule has 25 heavy (non-hydrogen) atoms. The van der Waals surface area contributed by atoms with Crippen molar-refractivity contribution in [3.63, 3.8) is 0 Å². The first kappa shape index (κ1) is 17.8. The molecule has 1 fully saturated rings. The Kier molecular flexibility index (Phi) is 5.67. The Hall–Kier alpha value is -1.96. The highest BCUT2D eigenvalue weighted by molar-refractivity contribution is 7.14. The molecular formula is C18H23N3O3S. The summed E-state index contributed by atoms with van der Waals surface area (Å²) in [4.78, 5) is 16.7. The van der Waals surface area contributed by atoms with Crippen molar-refractivity contribution in [2.75, 3.05) is 11.9 Å². The zero-order valence-corrected chi connectivity index (χ0v) is 15.2. The Labute approximate surface area is 151 Å². The molecule has 1 saturated heterocycles. The highest BCUT2D eigenvalue weighted by Crippen LogP contribution is 2.27. The lowest BCUT2D eigenvalue weighted by Gasteiger charge is -2.11. The average Bonchev–Trinajstić information content (AvgIpc) is 3.24. The number of ether oxygens (including phenoxy) is 2. The van der Waals surface area contributed by atoms with Crippen LogP contribution in [0.5, 0.6) is 5.75 Å². The lowest BCUT2D eigenvalue weighted by Crippen LogP contribution is -2.29. The summed E-state index contributed by atoms with van der Waals surface area (Å²) in [5, 5.41) is 5.33. The van der Waals surface area contributed by atoms with Gasteiger partial charge in [0.05, 0.1) is 17.9 Å². The highest BCUT2D eigenvalue weighted by Gasteiger charge is 2.30. The molecule has 7 heteroatoms. The zero-order valence-electron chi connectivity index (χ0n) is 14.4. The molecule has 3 N–H and O–H groups in total. The minimum Gasteiger partial charge on any atom is -0.491 e. The summed E-state index contributed by atoms with van der Waals surface area (Å²) in [6.45, 7) is 4.43. The number of nitrogens with one attached hydrogen (secondary N) is 1. The third-order valence-corrected chi connectivity index (χ3v) is 4.68. The van der Waals surface area contributed by atoms with Gasteiger partial charge >= 0.3 is 0 Å². The normalized spacial score (nSPS) is 20.0. The van der Waals surface area contributed by atoms with Gasteiger partial charge in [-0.3, -0.25) is 10.1 Å². The molecule has 1 aliphatic rings. The van der Waals surface area contributed by atoms with Gasteiger partial charge in [-0.1, -0.05) is 0 Å². The largest absolute Gasteiger partial charge is 0.491 e. The van der Waals surface area contributed by atoms with Crippen LogP contribution in [0.25, 0.3) is 11.3 Å². The minimum atomic E-state index is -0.437. The number of hydrogen-bond donors (Lipinski definition) is 2. The summed E-state index contributed by atoms with van der Waals surface area (Å²) in [6.07, 6.45) is 1.21. The molecule has 3 rings (SSSR count). The van der Waals surface area contributed by atoms with Crippen LogP contribution >= 0.6 is 11.3 Å². The molecule has 6 nitrogen and oxygen atoms in total. The van der Waals surface area contributed by atoms with Crippen LogP contribution in [0, 0.1) is 0 Å². The first-order valence-electron chi connectivity index (χ1n) is 8.44. The maximum atomic E-state index is 12.2. The Bertz CT molecular complexity index is 715. The van der Waals surface area contributed by atoms with Crippen molar-refractivity contribution in [1.29, 1.82) is 0 Å². The Morgan fingerprint density at radius 1 is 1.40 bits per heavy atom. The standard InChI is InChI=1S/C18H23N3O3S/c1-11(2)23-13-5-3-12(4-6-13)15-10-25-18(20-15)21-17(22)16-8-7-14(9-19)24-16/h3-6,10-11,14,16H,7-9,19H2,1-2H3,(H,20,21,22)/t14-,16+/m1/s1. The Balaban J connectivity index is 1.61. The van der Waals surface area contributed by atoms with Crippen molar-refractivity contribution < 1.29 is 14.3 Å². The van der Waals surface area contributed by atoms with E-state index < -0.39 is 6.10 Å². The fourth-order valence-electron chi connectivity index (χ4n) is 2.70. The van der Waals surface area contributed by atoms with Gasteiger partial charge in [-0.05, 0) is 51.0 Å². The number of thiazole rings is 1. The summed E-state index contributed by atoms with van der Waals surface area (Å²) in [6, 6.07) is 7.77. The number of carbonyl (C=O) groups excluding carboxylic acids is 1. The van der Waals surface area contributed by atoms with E-state index in [0.717, 1.165) is 23.4 Å². The zero-order chi connectivity index (χ0) is 17.8. The Morgan fingerprint density at radius 3 is 2.80 bits per heavy atom. The molecule has 0 bridgehead atoms. The molecule has 0 radical (unpaired) electrons. The van der Waals surface area contributed by atoms with Crippen LogP contribution < -0.4 is 15.8 Å². The Morgan fingerprint density at radius 2 is 2.16 bits per heavy atom. The van der Waals surface area contributed by atoms with Gasteiger partial charge in [0.1, 0.15) is 11.9 Å². The fourth-order valence-corrected chi connectivity index (χ4v) is 3.42. The van der Waals surface area contributed by atoms with Gasteiger partial charge in [-0.25, -0.2) is 4.98 Å². The van der Waals surface area contributed by atoms with E-state index in [1.165, 1.54) is 11.3 Å². The molecule has 2 aromatic rings. The van der Waals surface area contributed by atoms with Crippen molar-refractivity contribution >= 4 is 22.4 Å². The number of nitrogens with zero attached hydrogens (tertiary/aromatic N) is 1. The van der Waals surface area contributed by atoms with Gasteiger partial charge < -0.3 is 15.2 Å². The van der Waals surface area contributed by atoms with Crippen LogP contribution in [-0.2, 0) is 9.53 Å². The third kappa shape index (κ3) is 4.56. The van der Waals surface area contributed by atoms with Crippen molar-refractivity contribution in [2.45, 2.75) is 45.0 Å². The van der Waals surface area contributed by atoms with Gasteiger partial charge in [0, 0.05) is 17.5 Å². The summed E-state index contributed by atoms with van der Waals surface area (Å²) in [5.41, 5.74) is 7.38. The summed E-state index contributed by atoms with van der Waals surface area (Å²) >= 11 is 1.40. The molecule has 0 unspecified atom stereocenters. The number of nitrogens with two attached hydrogens (primary N) is 1. The van der Waals surface area contributed by atoms with Gasteiger partial charge in [0.25, 0.3) is 5.91 Å². The molecule has 134 valence electrons. The minimum absolute atomic E-state index is 0.0193. The predicted octanol–water partition coefficient (Wildman–Crippen LogP) is 3.04. The molecule has 0 spiro atoms. The number of amides is 1. The molecule has 1 aromatic carbocycles. The molecule has 1 aliphatic heterocycles. The number of aromatic nitrogens is 1. The maximum Gasteiger partial charge on any atom is 0.255 e. The molecule has 1 amide bonds. The molecule has 2 atom stereocenters. The van der Waals surface area contributed by atoms with Gasteiger partial charge in [0.2, 0.25) is 0 Å². The predicted molar refractivity (Wildman–Crippen MR) is 98.9 cm³/mol. The van der Waals surface area contributed by atoms with Crippen LogP contribution in [0.3, 0.4) is 0 Å². The lowest BCUT2D eigenvalue weighted by molar-refractivity contribution is -0.126. The first-order valence-corrected chi connectivity index (χ1v) is 9.32. The van der Waals surface area contributed by atoms with E-state index >= 15 is 0 Å². The number of anilines is 1. The lowest BCUT2D eigenvalue weighted by atomic mass is 10.2. The second kappa shape index (κ2) is 7.95. The molecule has 2 heterocycles. The van der Waals surface area contributed by atoms with Crippen LogP contribution in [0.1, 0.15) is 26.7 Å². The van der Waals surface area contributed by atoms with Crippen molar-refractivity contribution in [2.24, 2.45) is 5.73 Å². The smallest absolute Gasteiger partial charge is 0.255 e. The SMILES string of the molecule is CC(C)Oc1ccc(-c2csc(NC(=O)[C@@H]3CC[C@H](CN)O3)n2)cc1. The van der Waals surface area contributed by atoms with Gasteiger partial charge in [-0.2, -0.15) is 0 Å². The summed E-state index contributed by atoms with van der Waals surface area (Å²) in [5.74, 6) is 0.674. The van der Waals surface area contributed by atoms with Crippen LogP contribution in [0.2, 0.25) is 0 Å². The van der Waals surface area contributed by atoms with E-state index in [2.05, 4.69) is 10.3 Å². The average molecular weight is 361 g/mol. The van der Waals surface area contributed by atoms with E-state index in [0.29, 0.717) is 18.1 Å². The second-order valence-electron chi connectivity index (χ2n) is 6.28. The van der Waals surface area contributed by atoms with Crippen molar-refractivity contribution in [3.8, 4) is 17.0 Å². The molecule has 1 aromatic heterocycles. The number of rotatable bonds is 6. The van der Waals surface area contributed by atoms with Gasteiger partial charge in [0.15, 0.2) is 5.13 Å². The molecule has 0 aliphatic carbocycles. The number of carbonyl (C=O) groups is 1.